The zero-order valence-electron chi connectivity index (χ0n) is 17.9. The quantitative estimate of drug-likeness (QED) is 0.251. The third kappa shape index (κ3) is 11.8. The van der Waals surface area contributed by atoms with Crippen LogP contribution in [0.4, 0.5) is 0 Å². The van der Waals surface area contributed by atoms with E-state index in [4.69, 9.17) is 0 Å². The van der Waals surface area contributed by atoms with Gasteiger partial charge in [0.05, 0.1) is 0 Å². The molecule has 0 bridgehead atoms. The average molecular weight is 344 g/mol. The van der Waals surface area contributed by atoms with Gasteiger partial charge in [-0.1, -0.05) is 62.6 Å². The highest BCUT2D eigenvalue weighted by Crippen LogP contribution is 2.25. The Bertz CT molecular complexity index is 498. The molecule has 0 saturated carbocycles. The molecule has 25 heavy (non-hydrogen) atoms. The molecule has 0 fully saturated rings. The molecular formula is C24H41N. The van der Waals surface area contributed by atoms with Gasteiger partial charge in [0.15, 0.2) is 0 Å². The molecule has 2 atom stereocenters. The Kier molecular flexibility index (Phi) is 13.1. The number of hydrogen-bond donors (Lipinski definition) is 0. The fraction of sp³-hybridized carbons (Fsp3) is 0.625. The van der Waals surface area contributed by atoms with Crippen LogP contribution in [0.3, 0.4) is 0 Å². The summed E-state index contributed by atoms with van der Waals surface area (Å²) in [4.78, 5) is 4.58. The highest BCUT2D eigenvalue weighted by molar-refractivity contribution is 5.79. The molecule has 0 aliphatic heterocycles. The first-order valence-electron chi connectivity index (χ1n) is 9.95. The fourth-order valence-electron chi connectivity index (χ4n) is 2.78. The van der Waals surface area contributed by atoms with Crippen LogP contribution in [0.1, 0.15) is 87.0 Å². The molecule has 0 aromatic rings. The molecule has 0 aliphatic carbocycles. The van der Waals surface area contributed by atoms with Crippen molar-refractivity contribution in [2.75, 3.05) is 0 Å². The molecule has 0 aliphatic rings. The van der Waals surface area contributed by atoms with Crippen LogP contribution in [0, 0.1) is 11.8 Å². The Morgan fingerprint density at radius 2 is 1.80 bits per heavy atom. The maximum absolute atomic E-state index is 4.58. The third-order valence-corrected chi connectivity index (χ3v) is 4.92. The summed E-state index contributed by atoms with van der Waals surface area (Å²) < 4.78 is 0. The SMILES string of the molecule is C=C(CC(C/C=C/C)/C(C)=C\CCC(C)CCC)/N=C\C(C)=C(C)C. The normalized spacial score (nSPS) is 14.9. The minimum absolute atomic E-state index is 0.509. The van der Waals surface area contributed by atoms with E-state index in [-0.39, 0.29) is 0 Å². The summed E-state index contributed by atoms with van der Waals surface area (Å²) in [7, 11) is 0. The van der Waals surface area contributed by atoms with Gasteiger partial charge in [-0.2, -0.15) is 0 Å². The standard InChI is InChI=1S/C24H41N/c1-9-11-16-24(17-23(8)25-18-22(7)19(3)4)21(6)15-12-14-20(5)13-10-2/h9,11,15,18,20,24H,8,10,12-14,16-17H2,1-7H3/b11-9+,21-15-,25-18-. The van der Waals surface area contributed by atoms with E-state index in [1.54, 1.807) is 0 Å². The lowest BCUT2D eigenvalue weighted by atomic mass is 9.90. The second-order valence-corrected chi connectivity index (χ2v) is 7.63. The van der Waals surface area contributed by atoms with E-state index in [1.807, 2.05) is 6.21 Å². The summed E-state index contributed by atoms with van der Waals surface area (Å²) >= 11 is 0. The molecule has 0 aromatic carbocycles. The van der Waals surface area contributed by atoms with Crippen LogP contribution in [0.2, 0.25) is 0 Å². The van der Waals surface area contributed by atoms with Gasteiger partial charge >= 0.3 is 0 Å². The number of nitrogens with zero attached hydrogens (tertiary/aromatic N) is 1. The molecule has 0 aromatic heterocycles. The molecule has 0 amide bonds. The van der Waals surface area contributed by atoms with Crippen molar-refractivity contribution in [3.63, 3.8) is 0 Å². The van der Waals surface area contributed by atoms with Crippen molar-refractivity contribution >= 4 is 6.21 Å². The molecule has 1 nitrogen and oxygen atoms in total. The van der Waals surface area contributed by atoms with Gasteiger partial charge in [-0.3, -0.25) is 4.99 Å². The summed E-state index contributed by atoms with van der Waals surface area (Å²) in [6.45, 7) is 19.5. The third-order valence-electron chi connectivity index (χ3n) is 4.92. The minimum Gasteiger partial charge on any atom is -0.262 e. The summed E-state index contributed by atoms with van der Waals surface area (Å²) in [5.41, 5.74) is 4.99. The lowest BCUT2D eigenvalue weighted by Gasteiger charge is -2.17. The first-order chi connectivity index (χ1) is 11.8. The molecule has 0 N–H and O–H groups in total. The summed E-state index contributed by atoms with van der Waals surface area (Å²) in [6, 6.07) is 0. The highest BCUT2D eigenvalue weighted by Gasteiger charge is 2.11. The Hall–Kier alpha value is -1.37. The largest absolute Gasteiger partial charge is 0.262 e. The van der Waals surface area contributed by atoms with Crippen molar-refractivity contribution in [1.82, 2.24) is 0 Å². The minimum atomic E-state index is 0.509. The van der Waals surface area contributed by atoms with Crippen LogP contribution in [0.25, 0.3) is 0 Å². The molecule has 0 heterocycles. The summed E-state index contributed by atoms with van der Waals surface area (Å²) in [5, 5.41) is 0. The Morgan fingerprint density at radius 3 is 2.36 bits per heavy atom. The van der Waals surface area contributed by atoms with E-state index in [2.05, 4.69) is 78.3 Å². The van der Waals surface area contributed by atoms with Crippen LogP contribution < -0.4 is 0 Å². The molecular weight excluding hydrogens is 302 g/mol. The zero-order chi connectivity index (χ0) is 19.2. The van der Waals surface area contributed by atoms with Crippen LogP contribution in [-0.2, 0) is 0 Å². The lowest BCUT2D eigenvalue weighted by molar-refractivity contribution is 0.488. The second-order valence-electron chi connectivity index (χ2n) is 7.63. The van der Waals surface area contributed by atoms with Crippen molar-refractivity contribution in [1.29, 1.82) is 0 Å². The van der Waals surface area contributed by atoms with Gasteiger partial charge in [-0.15, -0.1) is 0 Å². The van der Waals surface area contributed by atoms with Crippen molar-refractivity contribution in [3.05, 3.63) is 47.2 Å². The maximum Gasteiger partial charge on any atom is 0.0338 e. The highest BCUT2D eigenvalue weighted by atomic mass is 14.7. The molecule has 0 spiro atoms. The van der Waals surface area contributed by atoms with E-state index in [9.17, 15) is 0 Å². The second kappa shape index (κ2) is 13.9. The Morgan fingerprint density at radius 1 is 1.12 bits per heavy atom. The van der Waals surface area contributed by atoms with Gasteiger partial charge in [0, 0.05) is 11.9 Å². The predicted molar refractivity (Wildman–Crippen MR) is 116 cm³/mol. The summed E-state index contributed by atoms with van der Waals surface area (Å²) in [5.74, 6) is 1.34. The van der Waals surface area contributed by atoms with Gasteiger partial charge < -0.3 is 0 Å². The molecule has 0 radical (unpaired) electrons. The van der Waals surface area contributed by atoms with Gasteiger partial charge in [-0.25, -0.2) is 0 Å². The van der Waals surface area contributed by atoms with Gasteiger partial charge in [0.25, 0.3) is 0 Å². The molecule has 1 heteroatoms. The first kappa shape index (κ1) is 23.6. The number of hydrogen-bond acceptors (Lipinski definition) is 1. The van der Waals surface area contributed by atoms with Crippen molar-refractivity contribution in [3.8, 4) is 0 Å². The molecule has 0 saturated heterocycles. The topological polar surface area (TPSA) is 12.4 Å². The van der Waals surface area contributed by atoms with Crippen LogP contribution in [0.5, 0.6) is 0 Å². The van der Waals surface area contributed by atoms with E-state index >= 15 is 0 Å². The van der Waals surface area contributed by atoms with E-state index in [0.717, 1.165) is 24.5 Å². The average Bonchev–Trinajstić information content (AvgIpc) is 2.56. The fourth-order valence-corrected chi connectivity index (χ4v) is 2.78. The monoisotopic (exact) mass is 343 g/mol. The number of rotatable bonds is 12. The first-order valence-corrected chi connectivity index (χ1v) is 9.95. The Balaban J connectivity index is 4.82. The van der Waals surface area contributed by atoms with Gasteiger partial charge in [0.1, 0.15) is 0 Å². The molecule has 0 rings (SSSR count). The molecule has 142 valence electrons. The van der Waals surface area contributed by atoms with Crippen LogP contribution in [0.15, 0.2) is 52.2 Å². The van der Waals surface area contributed by atoms with Gasteiger partial charge in [0.2, 0.25) is 0 Å². The van der Waals surface area contributed by atoms with Gasteiger partial charge in [-0.05, 0) is 77.7 Å². The Labute approximate surface area is 157 Å². The van der Waals surface area contributed by atoms with Crippen molar-refractivity contribution < 1.29 is 0 Å². The lowest BCUT2D eigenvalue weighted by Crippen LogP contribution is -2.03. The smallest absolute Gasteiger partial charge is 0.0338 e. The predicted octanol–water partition coefficient (Wildman–Crippen LogP) is 8.06. The van der Waals surface area contributed by atoms with Crippen LogP contribution in [-0.4, -0.2) is 6.21 Å². The molecule has 2 unspecified atom stereocenters. The maximum atomic E-state index is 4.58. The number of aliphatic imine (C=N–C) groups is 1. The zero-order valence-corrected chi connectivity index (χ0v) is 17.9. The van der Waals surface area contributed by atoms with E-state index in [0.29, 0.717) is 5.92 Å². The van der Waals surface area contributed by atoms with E-state index < -0.39 is 0 Å². The van der Waals surface area contributed by atoms with E-state index in [1.165, 1.54) is 42.4 Å². The van der Waals surface area contributed by atoms with Crippen LogP contribution >= 0.6 is 0 Å². The number of allylic oxidation sites excluding steroid dienone is 7. The summed E-state index contributed by atoms with van der Waals surface area (Å²) in [6.07, 6.45) is 15.9. The van der Waals surface area contributed by atoms with Crippen molar-refractivity contribution in [2.45, 2.75) is 87.0 Å². The van der Waals surface area contributed by atoms with Crippen molar-refractivity contribution in [2.24, 2.45) is 16.8 Å².